The molecule has 0 aliphatic heterocycles. The molecule has 0 saturated carbocycles. The maximum absolute atomic E-state index is 5.98. The van der Waals surface area contributed by atoms with Gasteiger partial charge in [-0.25, -0.2) is 0 Å². The lowest BCUT2D eigenvalue weighted by Crippen LogP contribution is -2.35. The van der Waals surface area contributed by atoms with E-state index in [1.165, 1.54) is 18.1 Å². The summed E-state index contributed by atoms with van der Waals surface area (Å²) < 4.78 is 5.98. The fourth-order valence-electron chi connectivity index (χ4n) is 1.43. The SMILES string of the molecule is C=CC=CCO[Si](CC)(CC)CC. The minimum atomic E-state index is -1.35. The van der Waals surface area contributed by atoms with Gasteiger partial charge in [-0.2, -0.15) is 0 Å². The third kappa shape index (κ3) is 4.43. The van der Waals surface area contributed by atoms with Crippen LogP contribution in [0.1, 0.15) is 20.8 Å². The number of hydrogen-bond donors (Lipinski definition) is 0. The van der Waals surface area contributed by atoms with Gasteiger partial charge >= 0.3 is 0 Å². The van der Waals surface area contributed by atoms with Crippen LogP contribution in [-0.2, 0) is 4.43 Å². The van der Waals surface area contributed by atoms with E-state index in [2.05, 4.69) is 27.4 Å². The lowest BCUT2D eigenvalue weighted by molar-refractivity contribution is 0.343. The van der Waals surface area contributed by atoms with E-state index in [1.807, 2.05) is 12.2 Å². The molecular formula is C11H22OSi. The van der Waals surface area contributed by atoms with Gasteiger partial charge < -0.3 is 4.43 Å². The van der Waals surface area contributed by atoms with Crippen LogP contribution in [0.3, 0.4) is 0 Å². The second kappa shape index (κ2) is 7.10. The standard InChI is InChI=1S/C11H22OSi/c1-5-9-10-11-12-13(6-2,7-3)8-4/h5,9-10H,1,6-8,11H2,2-4H3. The van der Waals surface area contributed by atoms with Gasteiger partial charge in [-0.1, -0.05) is 45.6 Å². The molecule has 0 aliphatic rings. The smallest absolute Gasteiger partial charge is 0.192 e. The van der Waals surface area contributed by atoms with E-state index < -0.39 is 8.32 Å². The molecule has 0 aromatic rings. The van der Waals surface area contributed by atoms with Crippen LogP contribution >= 0.6 is 0 Å². The quantitative estimate of drug-likeness (QED) is 0.447. The Morgan fingerprint density at radius 3 is 2.08 bits per heavy atom. The minimum absolute atomic E-state index is 0.758. The van der Waals surface area contributed by atoms with Gasteiger partial charge in [-0.15, -0.1) is 0 Å². The maximum atomic E-state index is 5.98. The third-order valence-corrected chi connectivity index (χ3v) is 7.34. The van der Waals surface area contributed by atoms with Crippen molar-refractivity contribution in [1.29, 1.82) is 0 Å². The second-order valence-electron chi connectivity index (χ2n) is 3.22. The zero-order chi connectivity index (χ0) is 10.2. The van der Waals surface area contributed by atoms with Crippen molar-refractivity contribution in [2.45, 2.75) is 38.9 Å². The molecule has 0 atom stereocenters. The monoisotopic (exact) mass is 198 g/mol. The summed E-state index contributed by atoms with van der Waals surface area (Å²) in [5.74, 6) is 0. The van der Waals surface area contributed by atoms with E-state index in [9.17, 15) is 0 Å². The average Bonchev–Trinajstić information content (AvgIpc) is 2.20. The summed E-state index contributed by atoms with van der Waals surface area (Å²) in [6.07, 6.45) is 5.77. The fourth-order valence-corrected chi connectivity index (χ4v) is 4.00. The normalized spacial score (nSPS) is 12.2. The Hall–Kier alpha value is -0.343. The first kappa shape index (κ1) is 12.7. The first-order valence-corrected chi connectivity index (χ1v) is 7.69. The van der Waals surface area contributed by atoms with Crippen LogP contribution < -0.4 is 0 Å². The van der Waals surface area contributed by atoms with Crippen molar-refractivity contribution in [3.63, 3.8) is 0 Å². The molecule has 0 rings (SSSR count). The Bertz CT molecular complexity index is 151. The molecule has 2 heteroatoms. The highest BCUT2D eigenvalue weighted by molar-refractivity contribution is 6.73. The minimum Gasteiger partial charge on any atom is -0.413 e. The topological polar surface area (TPSA) is 9.23 Å². The van der Waals surface area contributed by atoms with Crippen molar-refractivity contribution in [3.05, 3.63) is 24.8 Å². The van der Waals surface area contributed by atoms with E-state index in [0.717, 1.165) is 6.61 Å². The van der Waals surface area contributed by atoms with Gasteiger partial charge in [0.15, 0.2) is 8.32 Å². The Balaban J connectivity index is 3.94. The molecule has 13 heavy (non-hydrogen) atoms. The molecule has 76 valence electrons. The lowest BCUT2D eigenvalue weighted by Gasteiger charge is -2.27. The van der Waals surface area contributed by atoms with Gasteiger partial charge in [0.2, 0.25) is 0 Å². The van der Waals surface area contributed by atoms with Crippen LogP contribution in [-0.4, -0.2) is 14.9 Å². The predicted molar refractivity (Wildman–Crippen MR) is 62.5 cm³/mol. The largest absolute Gasteiger partial charge is 0.413 e. The van der Waals surface area contributed by atoms with Crippen LogP contribution in [0.5, 0.6) is 0 Å². The first-order valence-electron chi connectivity index (χ1n) is 5.16. The average molecular weight is 198 g/mol. The van der Waals surface area contributed by atoms with Gasteiger partial charge in [0.1, 0.15) is 0 Å². The number of allylic oxidation sites excluding steroid dienone is 2. The first-order chi connectivity index (χ1) is 6.24. The van der Waals surface area contributed by atoms with E-state index in [4.69, 9.17) is 4.43 Å². The molecular weight excluding hydrogens is 176 g/mol. The third-order valence-electron chi connectivity index (χ3n) is 2.69. The second-order valence-corrected chi connectivity index (χ2v) is 7.99. The zero-order valence-corrected chi connectivity index (χ0v) is 10.2. The highest BCUT2D eigenvalue weighted by Gasteiger charge is 2.27. The van der Waals surface area contributed by atoms with Crippen molar-refractivity contribution in [1.82, 2.24) is 0 Å². The summed E-state index contributed by atoms with van der Waals surface area (Å²) in [5, 5.41) is 0. The van der Waals surface area contributed by atoms with E-state index in [0.29, 0.717) is 0 Å². The van der Waals surface area contributed by atoms with Crippen LogP contribution in [0.2, 0.25) is 18.1 Å². The molecule has 0 radical (unpaired) electrons. The lowest BCUT2D eigenvalue weighted by atomic mass is 10.5. The molecule has 0 bridgehead atoms. The molecule has 0 heterocycles. The Morgan fingerprint density at radius 2 is 1.69 bits per heavy atom. The van der Waals surface area contributed by atoms with Crippen molar-refractivity contribution in [2.75, 3.05) is 6.61 Å². The zero-order valence-electron chi connectivity index (χ0n) is 9.18. The van der Waals surface area contributed by atoms with Crippen molar-refractivity contribution in [3.8, 4) is 0 Å². The summed E-state index contributed by atoms with van der Waals surface area (Å²) in [5.41, 5.74) is 0. The molecule has 1 nitrogen and oxygen atoms in total. The van der Waals surface area contributed by atoms with Gasteiger partial charge in [0, 0.05) is 0 Å². The highest BCUT2D eigenvalue weighted by atomic mass is 28.4. The van der Waals surface area contributed by atoms with Crippen LogP contribution in [0, 0.1) is 0 Å². The van der Waals surface area contributed by atoms with Crippen LogP contribution in [0.25, 0.3) is 0 Å². The Kier molecular flexibility index (Phi) is 6.91. The maximum Gasteiger partial charge on any atom is 0.192 e. The fraction of sp³-hybridized carbons (Fsp3) is 0.636. The van der Waals surface area contributed by atoms with Crippen LogP contribution in [0.4, 0.5) is 0 Å². The molecule has 0 unspecified atom stereocenters. The predicted octanol–water partition coefficient (Wildman–Crippen LogP) is 3.75. The van der Waals surface area contributed by atoms with E-state index in [1.54, 1.807) is 6.08 Å². The number of rotatable bonds is 7. The summed E-state index contributed by atoms with van der Waals surface area (Å²) in [7, 11) is -1.35. The number of hydrogen-bond acceptors (Lipinski definition) is 1. The van der Waals surface area contributed by atoms with Crippen molar-refractivity contribution < 1.29 is 4.43 Å². The van der Waals surface area contributed by atoms with Crippen molar-refractivity contribution >= 4 is 8.32 Å². The Morgan fingerprint density at radius 1 is 1.15 bits per heavy atom. The van der Waals surface area contributed by atoms with Crippen LogP contribution in [0.15, 0.2) is 24.8 Å². The summed E-state index contributed by atoms with van der Waals surface area (Å²) in [6, 6.07) is 3.67. The molecule has 0 amide bonds. The highest BCUT2D eigenvalue weighted by Crippen LogP contribution is 2.21. The van der Waals surface area contributed by atoms with Gasteiger partial charge in [0.25, 0.3) is 0 Å². The van der Waals surface area contributed by atoms with E-state index in [-0.39, 0.29) is 0 Å². The Labute approximate surface area is 83.6 Å². The molecule has 0 saturated heterocycles. The molecule has 0 N–H and O–H groups in total. The molecule has 0 fully saturated rings. The molecule has 0 aliphatic carbocycles. The molecule has 0 spiro atoms. The molecule has 0 aromatic carbocycles. The van der Waals surface area contributed by atoms with Gasteiger partial charge in [-0.3, -0.25) is 0 Å². The van der Waals surface area contributed by atoms with E-state index >= 15 is 0 Å². The van der Waals surface area contributed by atoms with Gasteiger partial charge in [-0.05, 0) is 18.1 Å². The summed E-state index contributed by atoms with van der Waals surface area (Å²) in [4.78, 5) is 0. The summed E-state index contributed by atoms with van der Waals surface area (Å²) >= 11 is 0. The summed E-state index contributed by atoms with van der Waals surface area (Å²) in [6.45, 7) is 11.1. The van der Waals surface area contributed by atoms with Gasteiger partial charge in [0.05, 0.1) is 6.61 Å². The molecule has 0 aromatic heterocycles. The van der Waals surface area contributed by atoms with Crippen molar-refractivity contribution in [2.24, 2.45) is 0 Å².